The molecule has 1 aliphatic carbocycles. The molecule has 1 amide bonds. The van der Waals surface area contributed by atoms with Crippen molar-refractivity contribution in [1.82, 2.24) is 5.32 Å². The highest BCUT2D eigenvalue weighted by Gasteiger charge is 2.29. The van der Waals surface area contributed by atoms with Crippen molar-refractivity contribution < 1.29 is 4.79 Å². The Hall–Kier alpha value is -0.830. The Morgan fingerprint density at radius 2 is 2.19 bits per heavy atom. The quantitative estimate of drug-likeness (QED) is 0.845. The number of amides is 1. The number of hydrogen-bond donors (Lipinski definition) is 1. The van der Waals surface area contributed by atoms with Gasteiger partial charge in [-0.3, -0.25) is 4.79 Å². The van der Waals surface area contributed by atoms with Gasteiger partial charge in [0.05, 0.1) is 0 Å². The first kappa shape index (κ1) is 11.6. The maximum absolute atomic E-state index is 11.9. The van der Waals surface area contributed by atoms with Gasteiger partial charge in [-0.25, -0.2) is 0 Å². The van der Waals surface area contributed by atoms with Crippen LogP contribution in [0.4, 0.5) is 0 Å². The summed E-state index contributed by atoms with van der Waals surface area (Å²) in [6.07, 6.45) is 2.58. The number of rotatable bonds is 4. The van der Waals surface area contributed by atoms with Gasteiger partial charge in [-0.15, -0.1) is 0 Å². The Morgan fingerprint density at radius 1 is 1.50 bits per heavy atom. The van der Waals surface area contributed by atoms with Crippen molar-refractivity contribution in [3.8, 4) is 0 Å². The Kier molecular flexibility index (Phi) is 3.64. The SMILES string of the molecule is Cc1ccccc1C(=O)NCC(Br)C1CC1. The summed E-state index contributed by atoms with van der Waals surface area (Å²) in [7, 11) is 0. The van der Waals surface area contributed by atoms with Crippen molar-refractivity contribution in [2.45, 2.75) is 24.6 Å². The van der Waals surface area contributed by atoms with E-state index in [9.17, 15) is 4.79 Å². The van der Waals surface area contributed by atoms with E-state index in [4.69, 9.17) is 0 Å². The standard InChI is InChI=1S/C13H16BrNO/c1-9-4-2-3-5-11(9)13(16)15-8-12(14)10-6-7-10/h2-5,10,12H,6-8H2,1H3,(H,15,16). The predicted molar refractivity (Wildman–Crippen MR) is 69.0 cm³/mol. The predicted octanol–water partition coefficient (Wildman–Crippen LogP) is 2.90. The van der Waals surface area contributed by atoms with Crippen LogP contribution in [-0.4, -0.2) is 17.3 Å². The van der Waals surface area contributed by atoms with Gasteiger partial charge >= 0.3 is 0 Å². The molecule has 1 aromatic carbocycles. The molecule has 1 unspecified atom stereocenters. The largest absolute Gasteiger partial charge is 0.351 e. The molecule has 2 rings (SSSR count). The van der Waals surface area contributed by atoms with E-state index in [1.165, 1.54) is 12.8 Å². The van der Waals surface area contributed by atoms with Crippen LogP contribution in [0.25, 0.3) is 0 Å². The van der Waals surface area contributed by atoms with Crippen LogP contribution in [0, 0.1) is 12.8 Å². The van der Waals surface area contributed by atoms with Gasteiger partial charge in [0.15, 0.2) is 0 Å². The second kappa shape index (κ2) is 5.00. The molecule has 1 aromatic rings. The topological polar surface area (TPSA) is 29.1 Å². The molecule has 86 valence electrons. The maximum atomic E-state index is 11.9. The Labute approximate surface area is 105 Å². The molecule has 0 saturated heterocycles. The van der Waals surface area contributed by atoms with Crippen molar-refractivity contribution in [3.63, 3.8) is 0 Å². The summed E-state index contributed by atoms with van der Waals surface area (Å²) in [6.45, 7) is 2.68. The van der Waals surface area contributed by atoms with Crippen molar-refractivity contribution in [1.29, 1.82) is 0 Å². The van der Waals surface area contributed by atoms with Crippen molar-refractivity contribution >= 4 is 21.8 Å². The maximum Gasteiger partial charge on any atom is 0.251 e. The van der Waals surface area contributed by atoms with Gasteiger partial charge in [0.25, 0.3) is 5.91 Å². The zero-order valence-electron chi connectivity index (χ0n) is 9.37. The summed E-state index contributed by atoms with van der Waals surface area (Å²) in [6, 6.07) is 7.67. The molecule has 16 heavy (non-hydrogen) atoms. The van der Waals surface area contributed by atoms with E-state index in [0.717, 1.165) is 23.6 Å². The molecule has 0 radical (unpaired) electrons. The zero-order chi connectivity index (χ0) is 11.5. The molecule has 0 aliphatic heterocycles. The van der Waals surface area contributed by atoms with Crippen LogP contribution < -0.4 is 5.32 Å². The Bertz CT molecular complexity index is 387. The van der Waals surface area contributed by atoms with Crippen molar-refractivity contribution in [3.05, 3.63) is 35.4 Å². The van der Waals surface area contributed by atoms with Gasteiger partial charge in [0.1, 0.15) is 0 Å². The first-order valence-electron chi connectivity index (χ1n) is 5.66. The van der Waals surface area contributed by atoms with Gasteiger partial charge in [-0.2, -0.15) is 0 Å². The summed E-state index contributed by atoms with van der Waals surface area (Å²) >= 11 is 3.61. The molecule has 1 aliphatic rings. The highest BCUT2D eigenvalue weighted by Crippen LogP contribution is 2.36. The lowest BCUT2D eigenvalue weighted by atomic mass is 10.1. The fourth-order valence-electron chi connectivity index (χ4n) is 1.74. The van der Waals surface area contributed by atoms with Gasteiger partial charge in [0.2, 0.25) is 0 Å². The summed E-state index contributed by atoms with van der Waals surface area (Å²) < 4.78 is 0. The third kappa shape index (κ3) is 2.85. The minimum Gasteiger partial charge on any atom is -0.351 e. The number of halogens is 1. The molecule has 0 aromatic heterocycles. The number of hydrogen-bond acceptors (Lipinski definition) is 1. The molecule has 1 atom stereocenters. The number of carbonyl (C=O) groups is 1. The van der Waals surface area contributed by atoms with Gasteiger partial charge in [-0.05, 0) is 37.3 Å². The van der Waals surface area contributed by atoms with Crippen LogP contribution in [0.2, 0.25) is 0 Å². The molecule has 0 heterocycles. The monoisotopic (exact) mass is 281 g/mol. The third-order valence-electron chi connectivity index (χ3n) is 2.98. The van der Waals surface area contributed by atoms with E-state index in [0.29, 0.717) is 4.83 Å². The van der Waals surface area contributed by atoms with Crippen molar-refractivity contribution in [2.75, 3.05) is 6.54 Å². The first-order chi connectivity index (χ1) is 7.68. The second-order valence-electron chi connectivity index (χ2n) is 4.38. The summed E-state index contributed by atoms with van der Waals surface area (Å²) in [5.41, 5.74) is 1.80. The average molecular weight is 282 g/mol. The molecule has 0 spiro atoms. The molecule has 1 N–H and O–H groups in total. The molecule has 3 heteroatoms. The van der Waals surface area contributed by atoms with E-state index >= 15 is 0 Å². The van der Waals surface area contributed by atoms with Crippen LogP contribution in [0.3, 0.4) is 0 Å². The number of alkyl halides is 1. The van der Waals surface area contributed by atoms with Gasteiger partial charge in [-0.1, -0.05) is 34.1 Å². The van der Waals surface area contributed by atoms with E-state index in [1.54, 1.807) is 0 Å². The summed E-state index contributed by atoms with van der Waals surface area (Å²) in [4.78, 5) is 12.3. The minimum absolute atomic E-state index is 0.0307. The molecular weight excluding hydrogens is 266 g/mol. The van der Waals surface area contributed by atoms with E-state index in [-0.39, 0.29) is 5.91 Å². The Balaban J connectivity index is 1.90. The lowest BCUT2D eigenvalue weighted by molar-refractivity contribution is 0.0953. The number of nitrogens with one attached hydrogen (secondary N) is 1. The van der Waals surface area contributed by atoms with Crippen LogP contribution in [-0.2, 0) is 0 Å². The fourth-order valence-corrected chi connectivity index (χ4v) is 2.43. The number of aryl methyl sites for hydroxylation is 1. The fraction of sp³-hybridized carbons (Fsp3) is 0.462. The molecule has 0 bridgehead atoms. The first-order valence-corrected chi connectivity index (χ1v) is 6.58. The van der Waals surface area contributed by atoms with Crippen LogP contribution in [0.1, 0.15) is 28.8 Å². The lowest BCUT2D eigenvalue weighted by Gasteiger charge is -2.11. The third-order valence-corrected chi connectivity index (χ3v) is 4.05. The van der Waals surface area contributed by atoms with E-state index in [1.807, 2.05) is 31.2 Å². The molecular formula is C13H16BrNO. The van der Waals surface area contributed by atoms with Crippen LogP contribution >= 0.6 is 15.9 Å². The number of carbonyl (C=O) groups excluding carboxylic acids is 1. The van der Waals surface area contributed by atoms with E-state index < -0.39 is 0 Å². The van der Waals surface area contributed by atoms with Crippen LogP contribution in [0.5, 0.6) is 0 Å². The van der Waals surface area contributed by atoms with Crippen molar-refractivity contribution in [2.24, 2.45) is 5.92 Å². The van der Waals surface area contributed by atoms with Crippen LogP contribution in [0.15, 0.2) is 24.3 Å². The second-order valence-corrected chi connectivity index (χ2v) is 5.55. The number of benzene rings is 1. The normalized spacial score (nSPS) is 16.9. The van der Waals surface area contributed by atoms with Gasteiger partial charge < -0.3 is 5.32 Å². The summed E-state index contributed by atoms with van der Waals surface area (Å²) in [5, 5.41) is 2.98. The lowest BCUT2D eigenvalue weighted by Crippen LogP contribution is -2.30. The molecule has 1 saturated carbocycles. The zero-order valence-corrected chi connectivity index (χ0v) is 11.0. The van der Waals surface area contributed by atoms with E-state index in [2.05, 4.69) is 21.2 Å². The highest BCUT2D eigenvalue weighted by atomic mass is 79.9. The highest BCUT2D eigenvalue weighted by molar-refractivity contribution is 9.09. The average Bonchev–Trinajstić information content (AvgIpc) is 3.10. The molecule has 1 fully saturated rings. The Morgan fingerprint density at radius 3 is 2.81 bits per heavy atom. The molecule has 2 nitrogen and oxygen atoms in total. The smallest absolute Gasteiger partial charge is 0.251 e. The van der Waals surface area contributed by atoms with Gasteiger partial charge in [0, 0.05) is 16.9 Å². The minimum atomic E-state index is 0.0307. The summed E-state index contributed by atoms with van der Waals surface area (Å²) in [5.74, 6) is 0.792.